The zero-order valence-electron chi connectivity index (χ0n) is 14.3. The van der Waals surface area contributed by atoms with Crippen LogP contribution in [-0.2, 0) is 10.1 Å². The number of phenolic OH excluding ortho intramolecular Hbond substituents is 1. The Hall–Kier alpha value is -2.81. The highest BCUT2D eigenvalue weighted by Gasteiger charge is 2.11. The summed E-state index contributed by atoms with van der Waals surface area (Å²) in [4.78, 5) is -0.202. The largest absolute Gasteiger partial charge is 0.506 e. The fraction of sp³-hybridized carbons (Fsp3) is 0.111. The number of benzene rings is 3. The van der Waals surface area contributed by atoms with Gasteiger partial charge in [0.1, 0.15) is 11.4 Å². The minimum atomic E-state index is -4.26. The number of phenols is 1. The highest BCUT2D eigenvalue weighted by atomic mass is 32.2. The summed E-state index contributed by atoms with van der Waals surface area (Å²) in [5, 5.41) is 19.9. The number of azo groups is 1. The van der Waals surface area contributed by atoms with E-state index < -0.39 is 10.1 Å². The van der Waals surface area contributed by atoms with Crippen LogP contribution in [0.2, 0.25) is 0 Å². The molecule has 0 heterocycles. The molecule has 0 fully saturated rings. The van der Waals surface area contributed by atoms with Crippen molar-refractivity contribution in [2.45, 2.75) is 11.8 Å². The zero-order chi connectivity index (χ0) is 19.3. The third-order valence-corrected chi connectivity index (χ3v) is 4.45. The molecule has 0 aliphatic carbocycles. The van der Waals surface area contributed by atoms with Crippen LogP contribution in [0.15, 0.2) is 69.7 Å². The van der Waals surface area contributed by atoms with Crippen molar-refractivity contribution in [3.05, 3.63) is 60.2 Å². The van der Waals surface area contributed by atoms with Crippen molar-refractivity contribution in [2.75, 3.05) is 7.05 Å². The van der Waals surface area contributed by atoms with Gasteiger partial charge in [0.05, 0.1) is 10.6 Å². The molecule has 4 N–H and O–H groups in total. The van der Waals surface area contributed by atoms with Gasteiger partial charge in [0, 0.05) is 5.39 Å². The molecular formula is C18H19N3O4S. The van der Waals surface area contributed by atoms with Gasteiger partial charge in [0.2, 0.25) is 0 Å². The molecule has 0 bridgehead atoms. The summed E-state index contributed by atoms with van der Waals surface area (Å²) in [7, 11) is -2.76. The molecule has 0 amide bonds. The maximum absolute atomic E-state index is 11.1. The Morgan fingerprint density at radius 1 is 0.962 bits per heavy atom. The molecule has 0 aromatic heterocycles. The average molecular weight is 373 g/mol. The standard InChI is InChI=1S/C17H14N2O4S.CH5N/c1-11-10-13(24(21,22)23)7-8-15(11)18-19-17-14-5-3-2-4-12(14)6-9-16(17)20;1-2/h2-10,20H,1H3,(H,21,22,23);2H2,1H3. The summed E-state index contributed by atoms with van der Waals surface area (Å²) in [6.07, 6.45) is 0. The van der Waals surface area contributed by atoms with Gasteiger partial charge in [-0.25, -0.2) is 0 Å². The van der Waals surface area contributed by atoms with E-state index in [9.17, 15) is 13.5 Å². The number of aromatic hydroxyl groups is 1. The third-order valence-electron chi connectivity index (χ3n) is 3.60. The van der Waals surface area contributed by atoms with Crippen molar-refractivity contribution in [1.29, 1.82) is 0 Å². The Morgan fingerprint density at radius 3 is 2.31 bits per heavy atom. The van der Waals surface area contributed by atoms with Gasteiger partial charge in [-0.05, 0) is 49.2 Å². The molecule has 0 aliphatic rings. The number of nitrogens with two attached hydrogens (primary N) is 1. The molecule has 8 heteroatoms. The fourth-order valence-electron chi connectivity index (χ4n) is 2.35. The van der Waals surface area contributed by atoms with E-state index in [2.05, 4.69) is 16.0 Å². The summed E-state index contributed by atoms with van der Waals surface area (Å²) in [6, 6.07) is 14.8. The van der Waals surface area contributed by atoms with Crippen molar-refractivity contribution < 1.29 is 18.1 Å². The van der Waals surface area contributed by atoms with Crippen molar-refractivity contribution >= 4 is 32.3 Å². The van der Waals surface area contributed by atoms with Crippen LogP contribution in [0.5, 0.6) is 5.75 Å². The molecule has 0 saturated heterocycles. The van der Waals surface area contributed by atoms with Crippen molar-refractivity contribution in [3.63, 3.8) is 0 Å². The number of aryl methyl sites for hydroxylation is 1. The van der Waals surface area contributed by atoms with Gasteiger partial charge >= 0.3 is 0 Å². The molecule has 3 aromatic carbocycles. The van der Waals surface area contributed by atoms with E-state index >= 15 is 0 Å². The lowest BCUT2D eigenvalue weighted by Gasteiger charge is -2.05. The lowest BCUT2D eigenvalue weighted by molar-refractivity contribution is 0.477. The molecule has 26 heavy (non-hydrogen) atoms. The summed E-state index contributed by atoms with van der Waals surface area (Å²) >= 11 is 0. The first kappa shape index (κ1) is 19.5. The van der Waals surface area contributed by atoms with Crippen LogP contribution in [0, 0.1) is 6.92 Å². The first-order valence-electron chi connectivity index (χ1n) is 7.64. The van der Waals surface area contributed by atoms with Gasteiger partial charge in [-0.2, -0.15) is 13.5 Å². The topological polar surface area (TPSA) is 125 Å². The van der Waals surface area contributed by atoms with Crippen molar-refractivity contribution in [1.82, 2.24) is 0 Å². The van der Waals surface area contributed by atoms with Crippen LogP contribution in [0.4, 0.5) is 11.4 Å². The van der Waals surface area contributed by atoms with E-state index in [4.69, 9.17) is 4.55 Å². The maximum Gasteiger partial charge on any atom is 0.294 e. The number of hydrogen-bond donors (Lipinski definition) is 3. The van der Waals surface area contributed by atoms with Gasteiger partial charge in [-0.1, -0.05) is 30.3 Å². The summed E-state index contributed by atoms with van der Waals surface area (Å²) in [6.45, 7) is 1.66. The molecule has 7 nitrogen and oxygen atoms in total. The lowest BCUT2D eigenvalue weighted by Crippen LogP contribution is -1.97. The number of rotatable bonds is 3. The quantitative estimate of drug-likeness (QED) is 0.471. The summed E-state index contributed by atoms with van der Waals surface area (Å²) < 4.78 is 31.3. The molecule has 136 valence electrons. The van der Waals surface area contributed by atoms with E-state index in [-0.39, 0.29) is 10.6 Å². The van der Waals surface area contributed by atoms with Crippen LogP contribution in [-0.4, -0.2) is 25.1 Å². The first-order chi connectivity index (χ1) is 12.4. The van der Waals surface area contributed by atoms with E-state index in [1.807, 2.05) is 24.3 Å². The zero-order valence-corrected chi connectivity index (χ0v) is 15.1. The Morgan fingerprint density at radius 2 is 1.65 bits per heavy atom. The van der Waals surface area contributed by atoms with Gasteiger partial charge < -0.3 is 10.8 Å². The Balaban J connectivity index is 0.00000117. The first-order valence-corrected chi connectivity index (χ1v) is 9.08. The molecule has 3 aromatic rings. The average Bonchev–Trinajstić information content (AvgIpc) is 2.62. The second-order valence-electron chi connectivity index (χ2n) is 5.28. The van der Waals surface area contributed by atoms with E-state index in [0.717, 1.165) is 10.8 Å². The van der Waals surface area contributed by atoms with E-state index in [0.29, 0.717) is 16.9 Å². The molecule has 3 rings (SSSR count). The minimum absolute atomic E-state index is 0.00431. The van der Waals surface area contributed by atoms with Gasteiger partial charge in [0.15, 0.2) is 0 Å². The Bertz CT molecular complexity index is 1060. The van der Waals surface area contributed by atoms with Crippen LogP contribution in [0.3, 0.4) is 0 Å². The highest BCUT2D eigenvalue weighted by molar-refractivity contribution is 7.85. The number of nitrogens with zero attached hydrogens (tertiary/aromatic N) is 2. The van der Waals surface area contributed by atoms with Gasteiger partial charge in [-0.15, -0.1) is 5.11 Å². The number of fused-ring (bicyclic) bond motifs is 1. The molecule has 0 spiro atoms. The smallest absolute Gasteiger partial charge is 0.294 e. The second kappa shape index (κ2) is 8.05. The summed E-state index contributed by atoms with van der Waals surface area (Å²) in [5.74, 6) is 0.00431. The van der Waals surface area contributed by atoms with Crippen LogP contribution in [0.25, 0.3) is 10.8 Å². The predicted molar refractivity (Wildman–Crippen MR) is 101 cm³/mol. The maximum atomic E-state index is 11.1. The van der Waals surface area contributed by atoms with Crippen molar-refractivity contribution in [3.8, 4) is 5.75 Å². The second-order valence-corrected chi connectivity index (χ2v) is 6.70. The minimum Gasteiger partial charge on any atom is -0.506 e. The molecular weight excluding hydrogens is 354 g/mol. The van der Waals surface area contributed by atoms with Crippen molar-refractivity contribution in [2.24, 2.45) is 16.0 Å². The predicted octanol–water partition coefficient (Wildman–Crippen LogP) is 4.09. The molecule has 0 unspecified atom stereocenters. The Kier molecular flexibility index (Phi) is 6.04. The lowest BCUT2D eigenvalue weighted by atomic mass is 10.1. The molecule has 0 aliphatic heterocycles. The van der Waals surface area contributed by atoms with Crippen LogP contribution >= 0.6 is 0 Å². The molecule has 0 radical (unpaired) electrons. The molecule has 0 saturated carbocycles. The van der Waals surface area contributed by atoms with E-state index in [1.165, 1.54) is 25.2 Å². The van der Waals surface area contributed by atoms with Crippen LogP contribution in [0.1, 0.15) is 5.56 Å². The van der Waals surface area contributed by atoms with Crippen LogP contribution < -0.4 is 5.73 Å². The third kappa shape index (κ3) is 4.23. The Labute approximate surface area is 151 Å². The van der Waals surface area contributed by atoms with Gasteiger partial charge in [0.25, 0.3) is 10.1 Å². The monoisotopic (exact) mass is 373 g/mol. The normalized spacial score (nSPS) is 11.4. The molecule has 0 atom stereocenters. The number of hydrogen-bond acceptors (Lipinski definition) is 6. The highest BCUT2D eigenvalue weighted by Crippen LogP contribution is 2.36. The SMILES string of the molecule is CN.Cc1cc(S(=O)(=O)O)ccc1N=Nc1c(O)ccc2ccccc12. The fourth-order valence-corrected chi connectivity index (χ4v) is 2.92. The van der Waals surface area contributed by atoms with E-state index in [1.54, 1.807) is 19.1 Å². The summed E-state index contributed by atoms with van der Waals surface area (Å²) in [5.41, 5.74) is 5.81. The van der Waals surface area contributed by atoms with Gasteiger partial charge in [-0.3, -0.25) is 4.55 Å².